The number of anilines is 1. The van der Waals surface area contributed by atoms with Gasteiger partial charge in [-0.2, -0.15) is 0 Å². The molecule has 0 fully saturated rings. The summed E-state index contributed by atoms with van der Waals surface area (Å²) in [6, 6.07) is 13.2. The van der Waals surface area contributed by atoms with Crippen molar-refractivity contribution in [2.45, 2.75) is 25.7 Å². The van der Waals surface area contributed by atoms with Crippen LogP contribution in [0.5, 0.6) is 5.75 Å². The molecule has 6 rings (SSSR count). The van der Waals surface area contributed by atoms with Crippen molar-refractivity contribution in [2.24, 2.45) is 0 Å². The van der Waals surface area contributed by atoms with Crippen LogP contribution in [0.15, 0.2) is 36.4 Å². The first-order valence-electron chi connectivity index (χ1n) is 7.37. The predicted molar refractivity (Wildman–Crippen MR) is 84.6 cm³/mol. The summed E-state index contributed by atoms with van der Waals surface area (Å²) >= 11 is 0. The van der Waals surface area contributed by atoms with Gasteiger partial charge in [0.1, 0.15) is 5.75 Å². The molecule has 0 amide bonds. The van der Waals surface area contributed by atoms with Crippen LogP contribution in [0.4, 0.5) is 5.69 Å². The van der Waals surface area contributed by atoms with E-state index in [1.165, 1.54) is 11.1 Å². The topological polar surface area (TPSA) is 44.5 Å². The largest absolute Gasteiger partial charge is 0.465 e. The van der Waals surface area contributed by atoms with Gasteiger partial charge in [0.05, 0.1) is 5.69 Å². The van der Waals surface area contributed by atoms with Crippen molar-refractivity contribution in [2.75, 3.05) is 19.6 Å². The molecule has 0 saturated heterocycles. The minimum atomic E-state index is 0.231. The van der Waals surface area contributed by atoms with E-state index in [0.29, 0.717) is 0 Å². The van der Waals surface area contributed by atoms with Gasteiger partial charge in [0.25, 0.3) is 0 Å². The number of nitrogen functional groups attached to an aromatic ring is 1. The molecule has 21 heavy (non-hydrogen) atoms. The van der Waals surface area contributed by atoms with E-state index in [4.69, 9.17) is 15.2 Å². The van der Waals surface area contributed by atoms with Crippen LogP contribution < -0.4 is 10.5 Å². The molecule has 3 heteroatoms. The molecule has 0 radical (unpaired) electrons. The van der Waals surface area contributed by atoms with Gasteiger partial charge >= 0.3 is 0 Å². The van der Waals surface area contributed by atoms with E-state index in [9.17, 15) is 0 Å². The Morgan fingerprint density at radius 1 is 0.857 bits per heavy atom. The standard InChI is InChI=1S/C18H21NO2/c1-20-12-21-18-16-9-7-14-4-2-13(3-5-14)6-8-15(10-11-16)17(18)19/h2-5,10-11H,6-9,12,19H2,1H3. The zero-order valence-electron chi connectivity index (χ0n) is 12.4. The molecule has 110 valence electrons. The van der Waals surface area contributed by atoms with Gasteiger partial charge < -0.3 is 15.2 Å². The van der Waals surface area contributed by atoms with Crippen LogP contribution in [-0.4, -0.2) is 13.9 Å². The zero-order chi connectivity index (χ0) is 14.7. The van der Waals surface area contributed by atoms with E-state index in [-0.39, 0.29) is 6.79 Å². The fraction of sp³-hybridized carbons (Fsp3) is 0.333. The second-order valence-corrected chi connectivity index (χ2v) is 5.49. The highest BCUT2D eigenvalue weighted by molar-refractivity contribution is 5.62. The Hall–Kier alpha value is -2.00. The molecule has 0 heterocycles. The summed E-state index contributed by atoms with van der Waals surface area (Å²) in [4.78, 5) is 0. The Kier molecular flexibility index (Phi) is 4.11. The molecule has 0 aromatic heterocycles. The Morgan fingerprint density at radius 2 is 1.43 bits per heavy atom. The maximum absolute atomic E-state index is 6.32. The summed E-state index contributed by atoms with van der Waals surface area (Å²) in [5.41, 5.74) is 12.1. The first kappa shape index (κ1) is 14.0. The lowest BCUT2D eigenvalue weighted by Crippen LogP contribution is -2.09. The lowest BCUT2D eigenvalue weighted by atomic mass is 9.95. The third-order valence-electron chi connectivity index (χ3n) is 4.08. The first-order valence-corrected chi connectivity index (χ1v) is 7.37. The Labute approximate surface area is 125 Å². The first-order chi connectivity index (χ1) is 10.3. The molecular formula is C18H21NO2. The van der Waals surface area contributed by atoms with Crippen molar-refractivity contribution in [1.82, 2.24) is 0 Å². The Morgan fingerprint density at radius 3 is 2.05 bits per heavy atom. The number of benzene rings is 2. The van der Waals surface area contributed by atoms with Crippen molar-refractivity contribution in [3.8, 4) is 5.75 Å². The summed E-state index contributed by atoms with van der Waals surface area (Å²) in [7, 11) is 1.62. The van der Waals surface area contributed by atoms with E-state index in [1.807, 2.05) is 0 Å². The molecule has 0 unspecified atom stereocenters. The highest BCUT2D eigenvalue weighted by Crippen LogP contribution is 2.32. The molecule has 4 aliphatic rings. The van der Waals surface area contributed by atoms with Crippen LogP contribution in [0.25, 0.3) is 0 Å². The summed E-state index contributed by atoms with van der Waals surface area (Å²) in [5, 5.41) is 0. The van der Waals surface area contributed by atoms with Crippen molar-refractivity contribution < 1.29 is 9.47 Å². The number of ether oxygens (including phenoxy) is 2. The van der Waals surface area contributed by atoms with Gasteiger partial charge in [0.2, 0.25) is 0 Å². The lowest BCUT2D eigenvalue weighted by Gasteiger charge is -2.18. The summed E-state index contributed by atoms with van der Waals surface area (Å²) in [5.74, 6) is 0.796. The minimum absolute atomic E-state index is 0.231. The molecule has 4 aliphatic carbocycles. The summed E-state index contributed by atoms with van der Waals surface area (Å²) in [6.45, 7) is 0.231. The molecule has 0 saturated carbocycles. The maximum Gasteiger partial charge on any atom is 0.188 e. The van der Waals surface area contributed by atoms with E-state index < -0.39 is 0 Å². The summed E-state index contributed by atoms with van der Waals surface area (Å²) in [6.07, 6.45) is 3.83. The third kappa shape index (κ3) is 3.03. The molecule has 2 aromatic rings. The number of methoxy groups -OCH3 is 1. The SMILES string of the molecule is COCOc1c2ccc(c1N)CCc1ccc(cc1)CC2. The minimum Gasteiger partial charge on any atom is -0.465 e. The van der Waals surface area contributed by atoms with Gasteiger partial charge in [-0.3, -0.25) is 0 Å². The lowest BCUT2D eigenvalue weighted by molar-refractivity contribution is 0.0509. The molecule has 2 aromatic carbocycles. The molecule has 0 spiro atoms. The van der Waals surface area contributed by atoms with Crippen LogP contribution in [0.1, 0.15) is 22.3 Å². The van der Waals surface area contributed by atoms with Crippen LogP contribution in [0.3, 0.4) is 0 Å². The molecule has 4 bridgehead atoms. The second-order valence-electron chi connectivity index (χ2n) is 5.49. The van der Waals surface area contributed by atoms with Gasteiger partial charge in [-0.05, 0) is 47.9 Å². The highest BCUT2D eigenvalue weighted by atomic mass is 16.7. The van der Waals surface area contributed by atoms with E-state index in [1.54, 1.807) is 7.11 Å². The fourth-order valence-corrected chi connectivity index (χ4v) is 2.82. The van der Waals surface area contributed by atoms with Crippen molar-refractivity contribution in [3.63, 3.8) is 0 Å². The second kappa shape index (κ2) is 6.19. The molecule has 2 N–H and O–H groups in total. The van der Waals surface area contributed by atoms with Gasteiger partial charge in [0.15, 0.2) is 6.79 Å². The number of hydrogen-bond donors (Lipinski definition) is 1. The highest BCUT2D eigenvalue weighted by Gasteiger charge is 2.14. The molecular weight excluding hydrogens is 262 g/mol. The van der Waals surface area contributed by atoms with Crippen LogP contribution in [0, 0.1) is 0 Å². The van der Waals surface area contributed by atoms with Crippen molar-refractivity contribution >= 4 is 5.69 Å². The van der Waals surface area contributed by atoms with Crippen molar-refractivity contribution in [3.05, 3.63) is 58.7 Å². The maximum atomic E-state index is 6.32. The van der Waals surface area contributed by atoms with Crippen LogP contribution in [-0.2, 0) is 30.4 Å². The van der Waals surface area contributed by atoms with Gasteiger partial charge in [-0.15, -0.1) is 0 Å². The third-order valence-corrected chi connectivity index (χ3v) is 4.08. The number of rotatable bonds is 3. The average molecular weight is 283 g/mol. The van der Waals surface area contributed by atoms with Gasteiger partial charge in [0, 0.05) is 7.11 Å². The quantitative estimate of drug-likeness (QED) is 0.695. The molecule has 3 nitrogen and oxygen atoms in total. The van der Waals surface area contributed by atoms with Crippen LogP contribution in [0.2, 0.25) is 0 Å². The number of nitrogens with two attached hydrogens (primary N) is 1. The summed E-state index contributed by atoms with van der Waals surface area (Å²) < 4.78 is 10.8. The Balaban J connectivity index is 1.98. The monoisotopic (exact) mass is 283 g/mol. The normalized spacial score (nSPS) is 13.8. The smallest absolute Gasteiger partial charge is 0.188 e. The average Bonchev–Trinajstić information content (AvgIpc) is 2.50. The van der Waals surface area contributed by atoms with Gasteiger partial charge in [-0.1, -0.05) is 36.4 Å². The van der Waals surface area contributed by atoms with Crippen LogP contribution >= 0.6 is 0 Å². The zero-order valence-corrected chi connectivity index (χ0v) is 12.4. The fourth-order valence-electron chi connectivity index (χ4n) is 2.82. The molecule has 0 atom stereocenters. The number of aryl methyl sites for hydroxylation is 4. The van der Waals surface area contributed by atoms with E-state index in [0.717, 1.165) is 48.2 Å². The predicted octanol–water partition coefficient (Wildman–Crippen LogP) is 3.14. The molecule has 0 aliphatic heterocycles. The van der Waals surface area contributed by atoms with E-state index >= 15 is 0 Å². The Bertz CT molecular complexity index is 620. The van der Waals surface area contributed by atoms with E-state index in [2.05, 4.69) is 36.4 Å². The number of hydrogen-bond acceptors (Lipinski definition) is 3. The van der Waals surface area contributed by atoms with Crippen molar-refractivity contribution in [1.29, 1.82) is 0 Å². The van der Waals surface area contributed by atoms with Gasteiger partial charge in [-0.25, -0.2) is 0 Å².